The number of aromatic nitrogens is 1. The van der Waals surface area contributed by atoms with Gasteiger partial charge >= 0.3 is 0 Å². The Hall–Kier alpha value is -0.760. The lowest BCUT2D eigenvalue weighted by atomic mass is 10.2. The first-order valence-electron chi connectivity index (χ1n) is 6.19. The van der Waals surface area contributed by atoms with E-state index in [0.29, 0.717) is 0 Å². The molecule has 1 aromatic rings. The summed E-state index contributed by atoms with van der Waals surface area (Å²) in [5, 5.41) is 3.63. The van der Waals surface area contributed by atoms with Crippen LogP contribution >= 0.6 is 11.6 Å². The van der Waals surface area contributed by atoms with Gasteiger partial charge in [0.15, 0.2) is 0 Å². The molecule has 0 radical (unpaired) electrons. The molecular weight excluding hydrogens is 220 g/mol. The Morgan fingerprint density at radius 1 is 1.38 bits per heavy atom. The molecule has 3 rings (SSSR count). The molecule has 2 aliphatic rings. The highest BCUT2D eigenvalue weighted by Gasteiger charge is 2.29. The van der Waals surface area contributed by atoms with E-state index >= 15 is 0 Å². The fourth-order valence-electron chi connectivity index (χ4n) is 2.35. The number of pyridine rings is 1. The maximum atomic E-state index is 6.26. The van der Waals surface area contributed by atoms with Crippen molar-refractivity contribution in [2.24, 2.45) is 5.92 Å². The van der Waals surface area contributed by atoms with Gasteiger partial charge in [0.2, 0.25) is 0 Å². The smallest absolute Gasteiger partial charge is 0.126 e. The van der Waals surface area contributed by atoms with E-state index in [1.807, 2.05) is 0 Å². The quantitative estimate of drug-likeness (QED) is 0.813. The van der Waals surface area contributed by atoms with Crippen molar-refractivity contribution < 1.29 is 0 Å². The molecule has 1 atom stereocenters. The number of halogens is 1. The topological polar surface area (TPSA) is 24.9 Å². The molecule has 0 aromatic carbocycles. The lowest BCUT2D eigenvalue weighted by Crippen LogP contribution is -2.16. The van der Waals surface area contributed by atoms with Crippen LogP contribution in [0.5, 0.6) is 0 Å². The molecule has 3 heteroatoms. The Bertz CT molecular complexity index is 388. The SMILES string of the molecule is ClC(CNc1ccc2c(n1)CCC2)C1CC1. The maximum absolute atomic E-state index is 6.26. The summed E-state index contributed by atoms with van der Waals surface area (Å²) in [5.41, 5.74) is 2.71. The third-order valence-electron chi connectivity index (χ3n) is 3.54. The van der Waals surface area contributed by atoms with Gasteiger partial charge in [-0.25, -0.2) is 4.98 Å². The average molecular weight is 237 g/mol. The third kappa shape index (κ3) is 2.17. The van der Waals surface area contributed by atoms with Crippen LogP contribution in [0.2, 0.25) is 0 Å². The van der Waals surface area contributed by atoms with Gasteiger partial charge in [-0.3, -0.25) is 0 Å². The molecule has 1 saturated carbocycles. The molecule has 1 heterocycles. The number of rotatable bonds is 4. The van der Waals surface area contributed by atoms with Crippen LogP contribution in [0, 0.1) is 5.92 Å². The van der Waals surface area contributed by atoms with E-state index in [1.54, 1.807) is 0 Å². The number of hydrogen-bond acceptors (Lipinski definition) is 2. The molecule has 0 saturated heterocycles. The molecule has 1 aromatic heterocycles. The van der Waals surface area contributed by atoms with Gasteiger partial charge in [-0.2, -0.15) is 0 Å². The summed E-state index contributed by atoms with van der Waals surface area (Å²) in [7, 11) is 0. The minimum Gasteiger partial charge on any atom is -0.369 e. The predicted octanol–water partition coefficient (Wildman–Crippen LogP) is 3.00. The number of fused-ring (bicyclic) bond motifs is 1. The molecule has 0 bridgehead atoms. The first kappa shape index (κ1) is 10.4. The third-order valence-corrected chi connectivity index (χ3v) is 4.05. The van der Waals surface area contributed by atoms with Crippen molar-refractivity contribution in [3.63, 3.8) is 0 Å². The fraction of sp³-hybridized carbons (Fsp3) is 0.615. The zero-order chi connectivity index (χ0) is 11.0. The van der Waals surface area contributed by atoms with Crippen LogP contribution in [-0.2, 0) is 12.8 Å². The van der Waals surface area contributed by atoms with Crippen molar-refractivity contribution in [2.75, 3.05) is 11.9 Å². The van der Waals surface area contributed by atoms with Gasteiger partial charge in [-0.15, -0.1) is 11.6 Å². The zero-order valence-corrected chi connectivity index (χ0v) is 10.1. The molecule has 2 nitrogen and oxygen atoms in total. The Balaban J connectivity index is 1.61. The molecule has 0 aliphatic heterocycles. The van der Waals surface area contributed by atoms with Gasteiger partial charge in [0.25, 0.3) is 0 Å². The van der Waals surface area contributed by atoms with E-state index in [9.17, 15) is 0 Å². The summed E-state index contributed by atoms with van der Waals surface area (Å²) in [4.78, 5) is 4.64. The van der Waals surface area contributed by atoms with E-state index in [4.69, 9.17) is 11.6 Å². The number of nitrogens with zero attached hydrogens (tertiary/aromatic N) is 1. The van der Waals surface area contributed by atoms with Crippen LogP contribution < -0.4 is 5.32 Å². The van der Waals surface area contributed by atoms with Crippen LogP contribution in [0.25, 0.3) is 0 Å². The maximum Gasteiger partial charge on any atom is 0.126 e. The highest BCUT2D eigenvalue weighted by molar-refractivity contribution is 6.21. The molecule has 16 heavy (non-hydrogen) atoms. The number of aryl methyl sites for hydroxylation is 2. The molecule has 1 fully saturated rings. The summed E-state index contributed by atoms with van der Waals surface area (Å²) in [6.45, 7) is 0.845. The molecule has 1 N–H and O–H groups in total. The zero-order valence-electron chi connectivity index (χ0n) is 9.38. The van der Waals surface area contributed by atoms with Crippen molar-refractivity contribution in [2.45, 2.75) is 37.5 Å². The van der Waals surface area contributed by atoms with E-state index in [-0.39, 0.29) is 5.38 Å². The van der Waals surface area contributed by atoms with Gasteiger partial charge in [-0.05, 0) is 49.7 Å². The summed E-state index contributed by atoms with van der Waals surface area (Å²) in [5.74, 6) is 1.73. The standard InChI is InChI=1S/C13H17ClN2/c14-11(9-4-5-9)8-15-13-7-6-10-2-1-3-12(10)16-13/h6-7,9,11H,1-5,8H2,(H,15,16). The minimum absolute atomic E-state index is 0.273. The van der Waals surface area contributed by atoms with Crippen LogP contribution in [0.3, 0.4) is 0 Å². The highest BCUT2D eigenvalue weighted by atomic mass is 35.5. The number of nitrogens with one attached hydrogen (secondary N) is 1. The van der Waals surface area contributed by atoms with Gasteiger partial charge in [0.1, 0.15) is 5.82 Å². The molecular formula is C13H17ClN2. The second-order valence-electron chi connectivity index (χ2n) is 4.89. The molecule has 0 spiro atoms. The van der Waals surface area contributed by atoms with Crippen LogP contribution in [-0.4, -0.2) is 16.9 Å². The van der Waals surface area contributed by atoms with E-state index < -0.39 is 0 Å². The van der Waals surface area contributed by atoms with Crippen LogP contribution in [0.15, 0.2) is 12.1 Å². The summed E-state index contributed by atoms with van der Waals surface area (Å²) < 4.78 is 0. The van der Waals surface area contributed by atoms with Crippen LogP contribution in [0.1, 0.15) is 30.5 Å². The second-order valence-corrected chi connectivity index (χ2v) is 5.45. The largest absolute Gasteiger partial charge is 0.369 e. The average Bonchev–Trinajstić information content (AvgIpc) is 3.04. The number of anilines is 1. The first-order chi connectivity index (χ1) is 7.83. The molecule has 86 valence electrons. The molecule has 2 aliphatic carbocycles. The summed E-state index contributed by atoms with van der Waals surface area (Å²) in [6.07, 6.45) is 6.19. The highest BCUT2D eigenvalue weighted by Crippen LogP contribution is 2.35. The van der Waals surface area contributed by atoms with E-state index in [1.165, 1.54) is 36.9 Å². The Labute approximate surface area is 101 Å². The summed E-state index contributed by atoms with van der Waals surface area (Å²) in [6, 6.07) is 4.29. The van der Waals surface area contributed by atoms with E-state index in [2.05, 4.69) is 22.4 Å². The summed E-state index contributed by atoms with van der Waals surface area (Å²) >= 11 is 6.26. The van der Waals surface area contributed by atoms with Crippen LogP contribution in [0.4, 0.5) is 5.82 Å². The van der Waals surface area contributed by atoms with Gasteiger partial charge in [0, 0.05) is 12.2 Å². The molecule has 0 amide bonds. The fourth-order valence-corrected chi connectivity index (χ4v) is 2.67. The predicted molar refractivity (Wildman–Crippen MR) is 67.1 cm³/mol. The van der Waals surface area contributed by atoms with Crippen molar-refractivity contribution >= 4 is 17.4 Å². The minimum atomic E-state index is 0.273. The second kappa shape index (κ2) is 4.25. The van der Waals surface area contributed by atoms with Crippen molar-refractivity contribution in [1.29, 1.82) is 0 Å². The Morgan fingerprint density at radius 3 is 3.06 bits per heavy atom. The lowest BCUT2D eigenvalue weighted by molar-refractivity contribution is 0.768. The Kier molecular flexibility index (Phi) is 2.76. The number of alkyl halides is 1. The normalized spacial score (nSPS) is 20.6. The lowest BCUT2D eigenvalue weighted by Gasteiger charge is -2.11. The van der Waals surface area contributed by atoms with Crippen molar-refractivity contribution in [3.8, 4) is 0 Å². The molecule has 1 unspecified atom stereocenters. The first-order valence-corrected chi connectivity index (χ1v) is 6.63. The van der Waals surface area contributed by atoms with Gasteiger partial charge < -0.3 is 5.32 Å². The van der Waals surface area contributed by atoms with Gasteiger partial charge in [0.05, 0.1) is 5.38 Å². The number of hydrogen-bond donors (Lipinski definition) is 1. The van der Waals surface area contributed by atoms with Crippen molar-refractivity contribution in [3.05, 3.63) is 23.4 Å². The van der Waals surface area contributed by atoms with Gasteiger partial charge in [-0.1, -0.05) is 6.07 Å². The van der Waals surface area contributed by atoms with Crippen molar-refractivity contribution in [1.82, 2.24) is 4.98 Å². The van der Waals surface area contributed by atoms with E-state index in [0.717, 1.165) is 24.7 Å². The Morgan fingerprint density at radius 2 is 2.25 bits per heavy atom. The monoisotopic (exact) mass is 236 g/mol.